The first-order chi connectivity index (χ1) is 7.43. The van der Waals surface area contributed by atoms with E-state index in [1.165, 1.54) is 0 Å². The molecule has 1 fully saturated rings. The molecule has 0 aliphatic carbocycles. The van der Waals surface area contributed by atoms with Gasteiger partial charge in [0, 0.05) is 0 Å². The summed E-state index contributed by atoms with van der Waals surface area (Å²) in [6.07, 6.45) is 0. The lowest BCUT2D eigenvalue weighted by Crippen LogP contribution is -2.64. The van der Waals surface area contributed by atoms with Gasteiger partial charge < -0.3 is 5.73 Å². The van der Waals surface area contributed by atoms with E-state index in [9.17, 15) is 13.2 Å². The van der Waals surface area contributed by atoms with Crippen molar-refractivity contribution in [1.29, 1.82) is 0 Å². The zero-order valence-corrected chi connectivity index (χ0v) is 8.96. The summed E-state index contributed by atoms with van der Waals surface area (Å²) in [5, 5.41) is 0. The first-order valence-corrected chi connectivity index (χ1v) is 5.94. The maximum atomic E-state index is 11.3. The van der Waals surface area contributed by atoms with Gasteiger partial charge in [-0.05, 0) is 5.56 Å². The fraction of sp³-hybridized carbons (Fsp3) is 0.222. The average Bonchev–Trinajstić information content (AvgIpc) is 2.23. The second-order valence-corrected chi connectivity index (χ2v) is 4.78. The lowest BCUT2D eigenvalue weighted by molar-refractivity contribution is -0.141. The summed E-state index contributed by atoms with van der Waals surface area (Å²) in [5.41, 5.74) is 6.09. The molecule has 1 aromatic carbocycles. The van der Waals surface area contributed by atoms with Crippen LogP contribution >= 0.6 is 0 Å². The molecule has 1 saturated heterocycles. The van der Waals surface area contributed by atoms with Crippen LogP contribution in [0.3, 0.4) is 0 Å². The Kier molecular flexibility index (Phi) is 2.45. The number of carbonyl (C=O) groups is 1. The fourth-order valence-electron chi connectivity index (χ4n) is 1.73. The van der Waals surface area contributed by atoms with Crippen molar-refractivity contribution in [3.63, 3.8) is 0 Å². The topological polar surface area (TPSA) is 101 Å². The number of β-lactam (4-membered cyclic amide) rings is 1. The second kappa shape index (κ2) is 3.55. The molecule has 2 rings (SSSR count). The molecule has 7 heteroatoms. The van der Waals surface area contributed by atoms with E-state index < -0.39 is 28.3 Å². The molecule has 86 valence electrons. The molecule has 1 aromatic rings. The maximum Gasteiger partial charge on any atom is 0.362 e. The Balaban J connectivity index is 2.39. The van der Waals surface area contributed by atoms with Gasteiger partial charge in [0.05, 0.1) is 6.04 Å². The van der Waals surface area contributed by atoms with E-state index in [0.29, 0.717) is 9.87 Å². The van der Waals surface area contributed by atoms with Gasteiger partial charge in [-0.15, -0.1) is 0 Å². The number of rotatable bonds is 2. The SMILES string of the molecule is N[C@H]1C(=O)N(S(=O)(=O)O)[C@@H]1c1ccccc1. The summed E-state index contributed by atoms with van der Waals surface area (Å²) in [4.78, 5) is 11.3. The monoisotopic (exact) mass is 242 g/mol. The second-order valence-electron chi connectivity index (χ2n) is 3.49. The summed E-state index contributed by atoms with van der Waals surface area (Å²) in [5.74, 6) is -0.795. The van der Waals surface area contributed by atoms with E-state index in [1.54, 1.807) is 30.3 Å². The van der Waals surface area contributed by atoms with Crippen LogP contribution < -0.4 is 5.73 Å². The van der Waals surface area contributed by atoms with Crippen LogP contribution in [-0.2, 0) is 15.1 Å². The summed E-state index contributed by atoms with van der Waals surface area (Å²) in [6.45, 7) is 0. The molecule has 6 nitrogen and oxygen atoms in total. The summed E-state index contributed by atoms with van der Waals surface area (Å²) < 4.78 is 31.2. The van der Waals surface area contributed by atoms with Gasteiger partial charge in [-0.2, -0.15) is 8.42 Å². The first kappa shape index (κ1) is 11.1. The molecule has 16 heavy (non-hydrogen) atoms. The summed E-state index contributed by atoms with van der Waals surface area (Å²) in [6, 6.07) is 6.71. The molecule has 1 aliphatic heterocycles. The Bertz CT molecular complexity index is 514. The molecule has 0 unspecified atom stereocenters. The molecule has 0 aromatic heterocycles. The number of benzene rings is 1. The van der Waals surface area contributed by atoms with E-state index in [0.717, 1.165) is 0 Å². The highest BCUT2D eigenvalue weighted by molar-refractivity contribution is 7.84. The van der Waals surface area contributed by atoms with Crippen LogP contribution in [0.1, 0.15) is 11.6 Å². The molecule has 2 atom stereocenters. The van der Waals surface area contributed by atoms with Gasteiger partial charge in [0.15, 0.2) is 0 Å². The van der Waals surface area contributed by atoms with Crippen molar-refractivity contribution in [2.45, 2.75) is 12.1 Å². The molecule has 0 bridgehead atoms. The molecule has 0 saturated carbocycles. The number of hydrogen-bond donors (Lipinski definition) is 2. The lowest BCUT2D eigenvalue weighted by Gasteiger charge is -2.42. The van der Waals surface area contributed by atoms with Crippen LogP contribution in [0.25, 0.3) is 0 Å². The van der Waals surface area contributed by atoms with E-state index in [2.05, 4.69) is 0 Å². The predicted octanol–water partition coefficient (Wildman–Crippen LogP) is -0.300. The molecule has 1 amide bonds. The number of hydrogen-bond acceptors (Lipinski definition) is 4. The highest BCUT2D eigenvalue weighted by atomic mass is 32.2. The van der Waals surface area contributed by atoms with Crippen LogP contribution in [0.2, 0.25) is 0 Å². The largest absolute Gasteiger partial charge is 0.362 e. The summed E-state index contributed by atoms with van der Waals surface area (Å²) in [7, 11) is -4.54. The number of carbonyl (C=O) groups excluding carboxylic acids is 1. The maximum absolute atomic E-state index is 11.3. The molecular formula is C9H10N2O4S. The minimum absolute atomic E-state index is 0.396. The zero-order valence-electron chi connectivity index (χ0n) is 8.15. The van der Waals surface area contributed by atoms with Crippen LogP contribution in [0.15, 0.2) is 30.3 Å². The van der Waals surface area contributed by atoms with Gasteiger partial charge in [-0.25, -0.2) is 4.31 Å². The normalized spacial score (nSPS) is 25.4. The minimum Gasteiger partial charge on any atom is -0.318 e. The van der Waals surface area contributed by atoms with Crippen molar-refractivity contribution in [3.8, 4) is 0 Å². The van der Waals surface area contributed by atoms with Crippen LogP contribution in [0.4, 0.5) is 0 Å². The van der Waals surface area contributed by atoms with Gasteiger partial charge in [0.1, 0.15) is 6.04 Å². The van der Waals surface area contributed by atoms with Gasteiger partial charge in [-0.3, -0.25) is 9.35 Å². The Morgan fingerprint density at radius 3 is 2.31 bits per heavy atom. The Morgan fingerprint density at radius 2 is 1.81 bits per heavy atom. The third-order valence-corrected chi connectivity index (χ3v) is 3.39. The highest BCUT2D eigenvalue weighted by Crippen LogP contribution is 2.35. The van der Waals surface area contributed by atoms with Crippen LogP contribution in [0, 0.1) is 0 Å². The Hall–Kier alpha value is -1.44. The van der Waals surface area contributed by atoms with Crippen molar-refractivity contribution in [3.05, 3.63) is 35.9 Å². The van der Waals surface area contributed by atoms with Crippen molar-refractivity contribution in [1.82, 2.24) is 4.31 Å². The molecule has 0 radical (unpaired) electrons. The van der Waals surface area contributed by atoms with E-state index in [4.69, 9.17) is 10.3 Å². The van der Waals surface area contributed by atoms with Crippen molar-refractivity contribution in [2.24, 2.45) is 5.73 Å². The van der Waals surface area contributed by atoms with E-state index in [-0.39, 0.29) is 0 Å². The minimum atomic E-state index is -4.54. The van der Waals surface area contributed by atoms with Crippen molar-refractivity contribution < 1.29 is 17.8 Å². The molecule has 1 heterocycles. The van der Waals surface area contributed by atoms with Gasteiger partial charge in [0.2, 0.25) is 0 Å². The predicted molar refractivity (Wildman–Crippen MR) is 55.6 cm³/mol. The smallest absolute Gasteiger partial charge is 0.318 e. The Morgan fingerprint density at radius 1 is 1.25 bits per heavy atom. The summed E-state index contributed by atoms with van der Waals surface area (Å²) >= 11 is 0. The third kappa shape index (κ3) is 1.58. The quantitative estimate of drug-likeness (QED) is 0.547. The molecular weight excluding hydrogens is 232 g/mol. The van der Waals surface area contributed by atoms with E-state index >= 15 is 0 Å². The van der Waals surface area contributed by atoms with Gasteiger partial charge in [-0.1, -0.05) is 30.3 Å². The highest BCUT2D eigenvalue weighted by Gasteiger charge is 2.51. The molecule has 1 aliphatic rings. The molecule has 0 spiro atoms. The number of nitrogens with two attached hydrogens (primary N) is 1. The number of amides is 1. The zero-order chi connectivity index (χ0) is 11.9. The standard InChI is InChI=1S/C9H10N2O4S/c10-7-8(6-4-2-1-3-5-6)11(9(7)12)16(13,14)15/h1-5,7-8H,10H2,(H,13,14,15)/t7-,8-/m1/s1. The van der Waals surface area contributed by atoms with Crippen molar-refractivity contribution in [2.75, 3.05) is 0 Å². The third-order valence-electron chi connectivity index (χ3n) is 2.48. The Labute approximate surface area is 92.5 Å². The first-order valence-electron chi connectivity index (χ1n) is 4.54. The molecule has 3 N–H and O–H groups in total. The fourth-order valence-corrected chi connectivity index (χ4v) is 2.62. The van der Waals surface area contributed by atoms with Gasteiger partial charge >= 0.3 is 10.3 Å². The number of nitrogens with zero attached hydrogens (tertiary/aromatic N) is 1. The van der Waals surface area contributed by atoms with Gasteiger partial charge in [0.25, 0.3) is 5.91 Å². The van der Waals surface area contributed by atoms with Crippen molar-refractivity contribution >= 4 is 16.2 Å². The van der Waals surface area contributed by atoms with Crippen LogP contribution in [0.5, 0.6) is 0 Å². The van der Waals surface area contributed by atoms with Crippen LogP contribution in [-0.4, -0.2) is 29.2 Å². The lowest BCUT2D eigenvalue weighted by atomic mass is 9.92. The average molecular weight is 242 g/mol. The van der Waals surface area contributed by atoms with E-state index in [1.807, 2.05) is 0 Å².